The lowest BCUT2D eigenvalue weighted by atomic mass is 10.1. The maximum absolute atomic E-state index is 12.7. The molecule has 0 fully saturated rings. The summed E-state index contributed by atoms with van der Waals surface area (Å²) in [6, 6.07) is 15.8. The zero-order valence-electron chi connectivity index (χ0n) is 17.8. The molecule has 1 unspecified atom stereocenters. The molecule has 0 saturated heterocycles. The molecule has 7 heteroatoms. The molecule has 2 amide bonds. The Bertz CT molecular complexity index is 888. The largest absolute Gasteiger partial charge is 0.497 e. The Morgan fingerprint density at radius 3 is 2.73 bits per heavy atom. The van der Waals surface area contributed by atoms with E-state index in [1.807, 2.05) is 62.6 Å². The van der Waals surface area contributed by atoms with Crippen molar-refractivity contribution in [1.82, 2.24) is 10.2 Å². The van der Waals surface area contributed by atoms with E-state index in [0.29, 0.717) is 13.1 Å². The Morgan fingerprint density at radius 2 is 1.97 bits per heavy atom. The van der Waals surface area contributed by atoms with Crippen LogP contribution in [0.25, 0.3) is 0 Å². The van der Waals surface area contributed by atoms with Crippen LogP contribution in [-0.4, -0.2) is 56.8 Å². The normalized spacial score (nSPS) is 14.2. The Balaban J connectivity index is 1.53. The number of benzene rings is 2. The quantitative estimate of drug-likeness (QED) is 0.700. The second-order valence-electron chi connectivity index (χ2n) is 7.42. The molecule has 1 heterocycles. The van der Waals surface area contributed by atoms with Crippen molar-refractivity contribution < 1.29 is 14.3 Å². The van der Waals surface area contributed by atoms with Crippen molar-refractivity contribution in [3.63, 3.8) is 0 Å². The Labute approximate surface area is 182 Å². The van der Waals surface area contributed by atoms with E-state index in [4.69, 9.17) is 4.74 Å². The van der Waals surface area contributed by atoms with Crippen LogP contribution < -0.4 is 15.0 Å². The Kier molecular flexibility index (Phi) is 7.76. The fraction of sp³-hybridized carbons (Fsp3) is 0.391. The van der Waals surface area contributed by atoms with E-state index in [-0.39, 0.29) is 30.7 Å². The number of methoxy groups -OCH3 is 1. The molecule has 6 nitrogen and oxygen atoms in total. The van der Waals surface area contributed by atoms with Gasteiger partial charge in [0.15, 0.2) is 0 Å². The van der Waals surface area contributed by atoms with Gasteiger partial charge in [-0.2, -0.15) is 0 Å². The lowest BCUT2D eigenvalue weighted by molar-refractivity contribution is -0.125. The van der Waals surface area contributed by atoms with E-state index in [1.54, 1.807) is 23.8 Å². The summed E-state index contributed by atoms with van der Waals surface area (Å²) in [4.78, 5) is 30.1. The van der Waals surface area contributed by atoms with Crippen molar-refractivity contribution in [3.05, 3.63) is 54.1 Å². The van der Waals surface area contributed by atoms with Gasteiger partial charge < -0.3 is 19.9 Å². The van der Waals surface area contributed by atoms with E-state index in [9.17, 15) is 9.59 Å². The number of amides is 2. The lowest BCUT2D eigenvalue weighted by Gasteiger charge is -2.29. The van der Waals surface area contributed by atoms with Gasteiger partial charge in [0, 0.05) is 36.6 Å². The lowest BCUT2D eigenvalue weighted by Crippen LogP contribution is -2.37. The van der Waals surface area contributed by atoms with Gasteiger partial charge in [-0.3, -0.25) is 9.59 Å². The molecule has 0 aliphatic carbocycles. The number of ether oxygens (including phenoxy) is 1. The zero-order valence-corrected chi connectivity index (χ0v) is 18.6. The van der Waals surface area contributed by atoms with Crippen LogP contribution in [0.2, 0.25) is 0 Å². The average Bonchev–Trinajstić information content (AvgIpc) is 2.77. The molecule has 1 N–H and O–H groups in total. The third-order valence-corrected chi connectivity index (χ3v) is 6.23. The number of para-hydroxylation sites is 1. The predicted molar refractivity (Wildman–Crippen MR) is 121 cm³/mol. The first-order valence-electron chi connectivity index (χ1n) is 10.1. The summed E-state index contributed by atoms with van der Waals surface area (Å²) in [5, 5.41) is 2.98. The highest BCUT2D eigenvalue weighted by Crippen LogP contribution is 2.34. The van der Waals surface area contributed by atoms with Gasteiger partial charge in [-0.1, -0.05) is 24.3 Å². The summed E-state index contributed by atoms with van der Waals surface area (Å²) < 4.78 is 5.31. The molecule has 0 bridgehead atoms. The number of fused-ring (bicyclic) bond motifs is 1. The number of anilines is 1. The monoisotopic (exact) mass is 427 g/mol. The summed E-state index contributed by atoms with van der Waals surface area (Å²) in [7, 11) is 5.60. The molecule has 0 radical (unpaired) electrons. The van der Waals surface area contributed by atoms with Crippen molar-refractivity contribution in [1.29, 1.82) is 0 Å². The summed E-state index contributed by atoms with van der Waals surface area (Å²) >= 11 is 1.76. The minimum absolute atomic E-state index is 0.00476. The first kappa shape index (κ1) is 22.2. The summed E-state index contributed by atoms with van der Waals surface area (Å²) in [5.74, 6) is 1.55. The summed E-state index contributed by atoms with van der Waals surface area (Å²) in [6.07, 6.45) is 0.388. The third-order valence-electron chi connectivity index (χ3n) is 5.19. The van der Waals surface area contributed by atoms with Crippen molar-refractivity contribution in [2.45, 2.75) is 23.8 Å². The van der Waals surface area contributed by atoms with Crippen LogP contribution in [0.1, 0.15) is 24.4 Å². The molecule has 3 rings (SSSR count). The van der Waals surface area contributed by atoms with Gasteiger partial charge in [0.25, 0.3) is 0 Å². The van der Waals surface area contributed by atoms with Crippen molar-refractivity contribution in [3.8, 4) is 5.75 Å². The zero-order chi connectivity index (χ0) is 21.5. The van der Waals surface area contributed by atoms with Crippen molar-refractivity contribution in [2.75, 3.05) is 44.9 Å². The van der Waals surface area contributed by atoms with Crippen LogP contribution in [0.15, 0.2) is 53.4 Å². The number of hydrogen-bond donors (Lipinski definition) is 1. The fourth-order valence-electron chi connectivity index (χ4n) is 3.53. The highest BCUT2D eigenvalue weighted by Gasteiger charge is 2.23. The minimum atomic E-state index is -0.113. The van der Waals surface area contributed by atoms with Gasteiger partial charge in [0.2, 0.25) is 11.8 Å². The van der Waals surface area contributed by atoms with E-state index >= 15 is 0 Å². The van der Waals surface area contributed by atoms with Crippen LogP contribution in [0, 0.1) is 0 Å². The number of thioether (sulfide) groups is 1. The fourth-order valence-corrected chi connectivity index (χ4v) is 4.52. The van der Waals surface area contributed by atoms with Crippen LogP contribution in [0.4, 0.5) is 5.69 Å². The smallest absolute Gasteiger partial charge is 0.227 e. The highest BCUT2D eigenvalue weighted by atomic mass is 32.2. The summed E-state index contributed by atoms with van der Waals surface area (Å²) in [6.45, 7) is 1.15. The number of nitrogens with one attached hydrogen (secondary N) is 1. The molecule has 160 valence electrons. The number of likely N-dealkylation sites (N-methyl/N-ethyl adjacent to an activating group) is 1. The highest BCUT2D eigenvalue weighted by molar-refractivity contribution is 7.99. The third kappa shape index (κ3) is 5.55. The minimum Gasteiger partial charge on any atom is -0.497 e. The average molecular weight is 428 g/mol. The molecule has 1 atom stereocenters. The van der Waals surface area contributed by atoms with Gasteiger partial charge in [-0.05, 0) is 43.9 Å². The van der Waals surface area contributed by atoms with Crippen LogP contribution in [0.3, 0.4) is 0 Å². The number of rotatable bonds is 8. The van der Waals surface area contributed by atoms with Crippen molar-refractivity contribution in [2.24, 2.45) is 0 Å². The topological polar surface area (TPSA) is 61.9 Å². The van der Waals surface area contributed by atoms with E-state index in [2.05, 4.69) is 10.2 Å². The molecule has 0 saturated carbocycles. The second-order valence-corrected chi connectivity index (χ2v) is 8.56. The molecule has 30 heavy (non-hydrogen) atoms. The SMILES string of the molecule is COc1cccc(C(CNC(=O)CCC(=O)N2CCSc3ccccc32)N(C)C)c1. The number of carbonyl (C=O) groups is 2. The van der Waals surface area contributed by atoms with E-state index in [0.717, 1.165) is 27.6 Å². The van der Waals surface area contributed by atoms with Gasteiger partial charge in [-0.25, -0.2) is 0 Å². The molecule has 2 aromatic rings. The van der Waals surface area contributed by atoms with E-state index in [1.165, 1.54) is 0 Å². The molecular weight excluding hydrogens is 398 g/mol. The van der Waals surface area contributed by atoms with Gasteiger partial charge in [-0.15, -0.1) is 11.8 Å². The standard InChI is InChI=1S/C23H29N3O3S/c1-25(2)20(17-7-6-8-18(15-17)29-3)16-24-22(27)11-12-23(28)26-13-14-30-21-10-5-4-9-19(21)26/h4-10,15,20H,11-14,16H2,1-3H3,(H,24,27). The molecule has 0 spiro atoms. The molecule has 1 aliphatic heterocycles. The van der Waals surface area contributed by atoms with Crippen LogP contribution in [0.5, 0.6) is 5.75 Å². The number of carbonyl (C=O) groups excluding carboxylic acids is 2. The van der Waals surface area contributed by atoms with Gasteiger partial charge in [0.1, 0.15) is 5.75 Å². The Hall–Kier alpha value is -2.51. The van der Waals surface area contributed by atoms with E-state index < -0.39 is 0 Å². The number of nitrogens with zero attached hydrogens (tertiary/aromatic N) is 2. The van der Waals surface area contributed by atoms with Crippen LogP contribution >= 0.6 is 11.8 Å². The number of hydrogen-bond acceptors (Lipinski definition) is 5. The first-order chi connectivity index (χ1) is 14.5. The molecule has 2 aromatic carbocycles. The summed E-state index contributed by atoms with van der Waals surface area (Å²) in [5.41, 5.74) is 2.02. The van der Waals surface area contributed by atoms with Gasteiger partial charge in [0.05, 0.1) is 18.8 Å². The molecule has 0 aromatic heterocycles. The van der Waals surface area contributed by atoms with Gasteiger partial charge >= 0.3 is 0 Å². The van der Waals surface area contributed by atoms with Crippen molar-refractivity contribution >= 4 is 29.3 Å². The molecular formula is C23H29N3O3S. The maximum atomic E-state index is 12.7. The second kappa shape index (κ2) is 10.5. The predicted octanol–water partition coefficient (Wildman–Crippen LogP) is 3.33. The maximum Gasteiger partial charge on any atom is 0.227 e. The van der Waals surface area contributed by atoms with Crippen LogP contribution in [-0.2, 0) is 9.59 Å². The Morgan fingerprint density at radius 1 is 1.17 bits per heavy atom. The molecule has 1 aliphatic rings. The first-order valence-corrected chi connectivity index (χ1v) is 11.1.